The molecule has 46 heavy (non-hydrogen) atoms. The fourth-order valence-electron chi connectivity index (χ4n) is 4.21. The van der Waals surface area contributed by atoms with Gasteiger partial charge in [0.1, 0.15) is 30.4 Å². The third-order valence-corrected chi connectivity index (χ3v) is 6.34. The fourth-order valence-corrected chi connectivity index (χ4v) is 4.21. The quantitative estimate of drug-likeness (QED) is 0.0764. The van der Waals surface area contributed by atoms with Gasteiger partial charge in [0.2, 0.25) is 5.91 Å². The minimum Gasteiger partial charge on any atom is -0.497 e. The Labute approximate surface area is 264 Å². The average molecular weight is 636 g/mol. The van der Waals surface area contributed by atoms with Gasteiger partial charge in [-0.15, -0.1) is 10.2 Å². The van der Waals surface area contributed by atoms with Crippen molar-refractivity contribution in [2.24, 2.45) is 10.2 Å². The van der Waals surface area contributed by atoms with Crippen molar-refractivity contribution in [2.75, 3.05) is 50.7 Å². The standard InChI is InChI=1S/C31H33N5O10/c1-19(37)32-29-17-22(35(12-14-45-20(2)38)13-15-46-21(3)39)6-11-28(29)34-33-27-10-7-23(36(41)42)16-26(27)31(40)25-9-8-24(43-4)18-30(25)44-5/h6-11,16-18H,12-15H2,1-5H3,(H,32,37). The van der Waals surface area contributed by atoms with Crippen LogP contribution in [0.5, 0.6) is 11.5 Å². The lowest BCUT2D eigenvalue weighted by molar-refractivity contribution is -0.384. The number of anilines is 2. The van der Waals surface area contributed by atoms with Crippen molar-refractivity contribution in [3.05, 3.63) is 75.8 Å². The van der Waals surface area contributed by atoms with E-state index in [0.29, 0.717) is 11.4 Å². The Morgan fingerprint density at radius 1 is 0.804 bits per heavy atom. The van der Waals surface area contributed by atoms with E-state index < -0.39 is 28.6 Å². The van der Waals surface area contributed by atoms with Crippen LogP contribution >= 0.6 is 0 Å². The molecule has 3 aromatic rings. The molecule has 15 nitrogen and oxygen atoms in total. The van der Waals surface area contributed by atoms with Gasteiger partial charge in [0.15, 0.2) is 5.78 Å². The van der Waals surface area contributed by atoms with Gasteiger partial charge in [-0.2, -0.15) is 0 Å². The summed E-state index contributed by atoms with van der Waals surface area (Å²) in [5.74, 6) is -1.29. The van der Waals surface area contributed by atoms with Gasteiger partial charge in [0.05, 0.1) is 54.7 Å². The number of nitro benzene ring substituents is 1. The second-order valence-corrected chi connectivity index (χ2v) is 9.60. The minimum atomic E-state index is -0.634. The lowest BCUT2D eigenvalue weighted by atomic mass is 10.00. The number of carbonyl (C=O) groups excluding carboxylic acids is 4. The van der Waals surface area contributed by atoms with Gasteiger partial charge >= 0.3 is 11.9 Å². The third kappa shape index (κ3) is 9.57. The Morgan fingerprint density at radius 3 is 2.00 bits per heavy atom. The molecule has 0 fully saturated rings. The smallest absolute Gasteiger partial charge is 0.302 e. The van der Waals surface area contributed by atoms with Crippen molar-refractivity contribution in [3.8, 4) is 11.5 Å². The highest BCUT2D eigenvalue weighted by Gasteiger charge is 2.22. The van der Waals surface area contributed by atoms with Gasteiger partial charge in [0.25, 0.3) is 5.69 Å². The molecule has 242 valence electrons. The maximum Gasteiger partial charge on any atom is 0.302 e. The second kappa shape index (κ2) is 16.3. The van der Waals surface area contributed by atoms with Gasteiger partial charge in [0, 0.05) is 44.7 Å². The van der Waals surface area contributed by atoms with Crippen molar-refractivity contribution in [1.29, 1.82) is 0 Å². The van der Waals surface area contributed by atoms with E-state index in [4.69, 9.17) is 18.9 Å². The maximum atomic E-state index is 13.7. The minimum absolute atomic E-state index is 0.0238. The van der Waals surface area contributed by atoms with Crippen molar-refractivity contribution in [3.63, 3.8) is 0 Å². The predicted octanol–water partition coefficient (Wildman–Crippen LogP) is 5.15. The van der Waals surface area contributed by atoms with Crippen LogP contribution in [-0.2, 0) is 23.9 Å². The predicted molar refractivity (Wildman–Crippen MR) is 166 cm³/mol. The summed E-state index contributed by atoms with van der Waals surface area (Å²) in [4.78, 5) is 61.0. The van der Waals surface area contributed by atoms with Crippen LogP contribution in [0.15, 0.2) is 64.8 Å². The van der Waals surface area contributed by atoms with Crippen LogP contribution in [0.1, 0.15) is 36.7 Å². The molecular weight excluding hydrogens is 602 g/mol. The first-order chi connectivity index (χ1) is 21.9. The number of nitrogens with one attached hydrogen (secondary N) is 1. The molecule has 0 aliphatic carbocycles. The summed E-state index contributed by atoms with van der Waals surface area (Å²) < 4.78 is 20.7. The third-order valence-electron chi connectivity index (χ3n) is 6.34. The number of nitrogens with zero attached hydrogens (tertiary/aromatic N) is 4. The molecule has 1 amide bonds. The van der Waals surface area contributed by atoms with Crippen molar-refractivity contribution in [2.45, 2.75) is 20.8 Å². The van der Waals surface area contributed by atoms with Crippen molar-refractivity contribution >= 4 is 52.1 Å². The molecule has 0 aromatic heterocycles. The van der Waals surface area contributed by atoms with Crippen LogP contribution in [0.3, 0.4) is 0 Å². The number of methoxy groups -OCH3 is 2. The molecule has 0 unspecified atom stereocenters. The Hall–Kier alpha value is -5.86. The Balaban J connectivity index is 2.04. The van der Waals surface area contributed by atoms with Crippen LogP contribution in [0.2, 0.25) is 0 Å². The molecule has 0 aliphatic rings. The van der Waals surface area contributed by atoms with Crippen LogP contribution < -0.4 is 19.7 Å². The zero-order chi connectivity index (χ0) is 33.8. The number of carbonyl (C=O) groups is 4. The molecule has 3 aromatic carbocycles. The summed E-state index contributed by atoms with van der Waals surface area (Å²) in [5, 5.41) is 22.7. The van der Waals surface area contributed by atoms with E-state index in [1.165, 1.54) is 59.3 Å². The summed E-state index contributed by atoms with van der Waals surface area (Å²) in [6, 6.07) is 13.0. The van der Waals surface area contributed by atoms with Gasteiger partial charge < -0.3 is 29.2 Å². The van der Waals surface area contributed by atoms with Crippen LogP contribution in [0, 0.1) is 10.1 Å². The Bertz CT molecular complexity index is 1640. The number of rotatable bonds is 15. The van der Waals surface area contributed by atoms with E-state index in [1.54, 1.807) is 29.2 Å². The van der Waals surface area contributed by atoms with Crippen LogP contribution in [-0.4, -0.2) is 69.1 Å². The van der Waals surface area contributed by atoms with Crippen LogP contribution in [0.4, 0.5) is 28.4 Å². The number of esters is 2. The molecule has 0 heterocycles. The maximum absolute atomic E-state index is 13.7. The number of hydrogen-bond acceptors (Lipinski definition) is 13. The number of non-ortho nitro benzene ring substituents is 1. The monoisotopic (exact) mass is 635 g/mol. The number of amides is 1. The van der Waals surface area contributed by atoms with Gasteiger partial charge in [-0.3, -0.25) is 29.3 Å². The number of azo groups is 1. The number of benzene rings is 3. The molecule has 3 rings (SSSR count). The van der Waals surface area contributed by atoms with Gasteiger partial charge in [-0.25, -0.2) is 0 Å². The molecule has 1 N–H and O–H groups in total. The number of nitro groups is 1. The van der Waals surface area contributed by atoms with Crippen molar-refractivity contribution < 1.29 is 43.0 Å². The number of ketones is 1. The van der Waals surface area contributed by atoms with E-state index in [0.717, 1.165) is 6.07 Å². The molecule has 0 atom stereocenters. The molecule has 15 heteroatoms. The van der Waals surface area contributed by atoms with E-state index in [1.807, 2.05) is 0 Å². The fraction of sp³-hybridized carbons (Fsp3) is 0.290. The highest BCUT2D eigenvalue weighted by molar-refractivity contribution is 6.14. The topological polar surface area (TPSA) is 188 Å². The zero-order valence-corrected chi connectivity index (χ0v) is 25.9. The largest absolute Gasteiger partial charge is 0.497 e. The molecule has 0 saturated heterocycles. The van der Waals surface area contributed by atoms with E-state index in [9.17, 15) is 29.3 Å². The lowest BCUT2D eigenvalue weighted by Gasteiger charge is -2.25. The average Bonchev–Trinajstić information content (AvgIpc) is 3.02. The zero-order valence-electron chi connectivity index (χ0n) is 25.9. The molecule has 0 radical (unpaired) electrons. The van der Waals surface area contributed by atoms with E-state index in [-0.39, 0.29) is 65.9 Å². The lowest BCUT2D eigenvalue weighted by Crippen LogP contribution is -2.32. The first-order valence-corrected chi connectivity index (χ1v) is 13.8. The Kier molecular flexibility index (Phi) is 12.3. The summed E-state index contributed by atoms with van der Waals surface area (Å²) in [7, 11) is 2.83. The number of hydrogen-bond donors (Lipinski definition) is 1. The van der Waals surface area contributed by atoms with Crippen LogP contribution in [0.25, 0.3) is 0 Å². The van der Waals surface area contributed by atoms with Crippen molar-refractivity contribution in [1.82, 2.24) is 0 Å². The van der Waals surface area contributed by atoms with E-state index >= 15 is 0 Å². The first-order valence-electron chi connectivity index (χ1n) is 13.8. The summed E-state index contributed by atoms with van der Waals surface area (Å²) in [6.45, 7) is 4.51. The van der Waals surface area contributed by atoms with Gasteiger partial charge in [-0.05, 0) is 36.4 Å². The summed E-state index contributed by atoms with van der Waals surface area (Å²) in [6.07, 6.45) is 0. The number of ether oxygens (including phenoxy) is 4. The highest BCUT2D eigenvalue weighted by atomic mass is 16.6. The first kappa shape index (κ1) is 34.6. The normalized spacial score (nSPS) is 10.6. The summed E-state index contributed by atoms with van der Waals surface area (Å²) in [5.41, 5.74) is 0.742. The SMILES string of the molecule is COc1ccc(C(=O)c2cc([N+](=O)[O-])ccc2N=Nc2ccc(N(CCOC(C)=O)CCOC(C)=O)cc2NC(C)=O)c(OC)c1. The molecule has 0 saturated carbocycles. The Morgan fingerprint density at radius 2 is 1.43 bits per heavy atom. The molecular formula is C31H33N5O10. The molecule has 0 bridgehead atoms. The van der Waals surface area contributed by atoms with E-state index in [2.05, 4.69) is 15.5 Å². The highest BCUT2D eigenvalue weighted by Crippen LogP contribution is 2.35. The summed E-state index contributed by atoms with van der Waals surface area (Å²) >= 11 is 0. The molecule has 0 aliphatic heterocycles. The second-order valence-electron chi connectivity index (χ2n) is 9.60. The molecule has 0 spiro atoms. The van der Waals surface area contributed by atoms with Gasteiger partial charge in [-0.1, -0.05) is 0 Å².